The highest BCUT2D eigenvalue weighted by molar-refractivity contribution is 6.00. The zero-order chi connectivity index (χ0) is 13.8. The molecule has 20 heavy (non-hydrogen) atoms. The summed E-state index contributed by atoms with van der Waals surface area (Å²) in [5, 5.41) is 10.9. The summed E-state index contributed by atoms with van der Waals surface area (Å²) in [6, 6.07) is 0.0289. The second kappa shape index (κ2) is 7.20. The number of aromatic nitrogens is 3. The van der Waals surface area contributed by atoms with Crippen LogP contribution in [0.15, 0.2) is 0 Å². The van der Waals surface area contributed by atoms with Crippen molar-refractivity contribution in [1.29, 1.82) is 0 Å². The lowest BCUT2D eigenvalue weighted by atomic mass is 10.1. The number of piperidine rings is 1. The second-order valence-electron chi connectivity index (χ2n) is 4.20. The number of nitrogens with one attached hydrogen (secondary N) is 1. The molecule has 0 aliphatic carbocycles. The Balaban J connectivity index is 0.00000200. The van der Waals surface area contributed by atoms with Gasteiger partial charge in [0.2, 0.25) is 5.69 Å². The highest BCUT2D eigenvalue weighted by Crippen LogP contribution is 2.21. The zero-order valence-electron chi connectivity index (χ0n) is 11.3. The van der Waals surface area contributed by atoms with E-state index in [1.165, 1.54) is 18.9 Å². The molecule has 2 heterocycles. The van der Waals surface area contributed by atoms with Gasteiger partial charge in [-0.3, -0.25) is 0 Å². The van der Waals surface area contributed by atoms with Gasteiger partial charge >= 0.3 is 11.9 Å². The van der Waals surface area contributed by atoms with Crippen molar-refractivity contribution in [3.05, 3.63) is 11.4 Å². The first kappa shape index (κ1) is 16.4. The quantitative estimate of drug-likeness (QED) is 0.797. The molecule has 112 valence electrons. The van der Waals surface area contributed by atoms with Crippen LogP contribution in [0.5, 0.6) is 0 Å². The van der Waals surface area contributed by atoms with Crippen LogP contribution in [0.25, 0.3) is 0 Å². The summed E-state index contributed by atoms with van der Waals surface area (Å²) in [7, 11) is 2.48. The molecule has 1 aromatic heterocycles. The second-order valence-corrected chi connectivity index (χ2v) is 4.20. The number of hydrogen-bond acceptors (Lipinski definition) is 7. The Labute approximate surface area is 122 Å². The number of carbonyl (C=O) groups excluding carboxylic acids is 2. The molecule has 0 unspecified atom stereocenters. The van der Waals surface area contributed by atoms with E-state index in [1.54, 1.807) is 0 Å². The summed E-state index contributed by atoms with van der Waals surface area (Å²) in [6.45, 7) is 1.66. The van der Waals surface area contributed by atoms with Gasteiger partial charge in [-0.1, -0.05) is 5.21 Å². The Kier molecular flexibility index (Phi) is 5.90. The van der Waals surface area contributed by atoms with E-state index in [4.69, 9.17) is 4.74 Å². The summed E-state index contributed by atoms with van der Waals surface area (Å²) in [6.07, 6.45) is 1.63. The highest BCUT2D eigenvalue weighted by atomic mass is 35.5. The molecule has 2 rings (SSSR count). The molecule has 1 fully saturated rings. The van der Waals surface area contributed by atoms with Gasteiger partial charge in [0.1, 0.15) is 0 Å². The van der Waals surface area contributed by atoms with E-state index in [2.05, 4.69) is 20.4 Å². The number of hydrogen-bond donors (Lipinski definition) is 1. The highest BCUT2D eigenvalue weighted by Gasteiger charge is 2.30. The van der Waals surface area contributed by atoms with Crippen molar-refractivity contribution in [1.82, 2.24) is 20.3 Å². The molecule has 1 aliphatic rings. The van der Waals surface area contributed by atoms with Gasteiger partial charge in [-0.05, 0) is 25.9 Å². The van der Waals surface area contributed by atoms with Crippen molar-refractivity contribution >= 4 is 24.3 Å². The normalized spacial score (nSPS) is 15.3. The van der Waals surface area contributed by atoms with Crippen LogP contribution in [-0.4, -0.2) is 54.2 Å². The Morgan fingerprint density at radius 3 is 2.35 bits per heavy atom. The molecule has 0 atom stereocenters. The van der Waals surface area contributed by atoms with Crippen LogP contribution >= 0.6 is 12.4 Å². The van der Waals surface area contributed by atoms with Crippen LogP contribution in [0.3, 0.4) is 0 Å². The van der Waals surface area contributed by atoms with E-state index < -0.39 is 11.9 Å². The molecular formula is C11H17ClN4O4. The summed E-state index contributed by atoms with van der Waals surface area (Å²) in [4.78, 5) is 23.4. The van der Waals surface area contributed by atoms with E-state index in [1.807, 2.05) is 0 Å². The lowest BCUT2D eigenvalue weighted by molar-refractivity contribution is 0.0540. The fourth-order valence-electron chi connectivity index (χ4n) is 2.12. The number of esters is 2. The average molecular weight is 305 g/mol. The summed E-state index contributed by atoms with van der Waals surface area (Å²) in [5.74, 6) is -1.33. The number of halogens is 1. The van der Waals surface area contributed by atoms with Gasteiger partial charge in [0.25, 0.3) is 0 Å². The molecule has 0 bridgehead atoms. The molecular weight excluding hydrogens is 288 g/mol. The smallest absolute Gasteiger partial charge is 0.361 e. The van der Waals surface area contributed by atoms with Crippen molar-refractivity contribution < 1.29 is 19.1 Å². The van der Waals surface area contributed by atoms with Crippen LogP contribution < -0.4 is 5.32 Å². The van der Waals surface area contributed by atoms with Gasteiger partial charge < -0.3 is 14.8 Å². The first-order valence-corrected chi connectivity index (χ1v) is 6.01. The van der Waals surface area contributed by atoms with E-state index in [9.17, 15) is 9.59 Å². The molecule has 9 heteroatoms. The molecule has 0 spiro atoms. The fourth-order valence-corrected chi connectivity index (χ4v) is 2.12. The molecule has 0 aromatic carbocycles. The van der Waals surface area contributed by atoms with Crippen LogP contribution in [0.4, 0.5) is 0 Å². The largest absolute Gasteiger partial charge is 0.464 e. The third-order valence-corrected chi connectivity index (χ3v) is 3.11. The minimum Gasteiger partial charge on any atom is -0.464 e. The Bertz CT molecular complexity index is 485. The molecule has 1 aliphatic heterocycles. The topological polar surface area (TPSA) is 95.3 Å². The lowest BCUT2D eigenvalue weighted by Crippen LogP contribution is -2.31. The van der Waals surface area contributed by atoms with Crippen molar-refractivity contribution in [3.63, 3.8) is 0 Å². The summed E-state index contributed by atoms with van der Waals surface area (Å²) in [5.41, 5.74) is -0.0471. The zero-order valence-corrected chi connectivity index (χ0v) is 12.1. The number of carbonyl (C=O) groups is 2. The van der Waals surface area contributed by atoms with E-state index in [-0.39, 0.29) is 29.8 Å². The van der Waals surface area contributed by atoms with Gasteiger partial charge in [-0.2, -0.15) is 0 Å². The Hall–Kier alpha value is -1.67. The minimum absolute atomic E-state index is 0. The molecule has 1 saturated heterocycles. The third kappa shape index (κ3) is 3.07. The van der Waals surface area contributed by atoms with Crippen LogP contribution in [0, 0.1) is 0 Å². The first-order valence-electron chi connectivity index (χ1n) is 6.01. The van der Waals surface area contributed by atoms with Gasteiger partial charge in [0, 0.05) is 0 Å². The number of methoxy groups -OCH3 is 2. The maximum absolute atomic E-state index is 11.8. The number of ether oxygens (including phenoxy) is 2. The molecule has 8 nitrogen and oxygen atoms in total. The molecule has 0 saturated carbocycles. The number of nitrogens with zero attached hydrogens (tertiary/aromatic N) is 3. The van der Waals surface area contributed by atoms with Gasteiger partial charge in [-0.25, -0.2) is 14.3 Å². The Morgan fingerprint density at radius 1 is 1.20 bits per heavy atom. The van der Waals surface area contributed by atoms with Crippen LogP contribution in [-0.2, 0) is 9.47 Å². The van der Waals surface area contributed by atoms with Crippen molar-refractivity contribution in [2.75, 3.05) is 27.3 Å². The summed E-state index contributed by atoms with van der Waals surface area (Å²) >= 11 is 0. The molecule has 0 amide bonds. The maximum Gasteiger partial charge on any atom is 0.361 e. The summed E-state index contributed by atoms with van der Waals surface area (Å²) < 4.78 is 10.8. The van der Waals surface area contributed by atoms with Gasteiger partial charge in [0.05, 0.1) is 20.3 Å². The third-order valence-electron chi connectivity index (χ3n) is 3.11. The van der Waals surface area contributed by atoms with Gasteiger partial charge in [0.15, 0.2) is 5.69 Å². The fraction of sp³-hybridized carbons (Fsp3) is 0.636. The van der Waals surface area contributed by atoms with Crippen molar-refractivity contribution in [2.45, 2.75) is 18.9 Å². The van der Waals surface area contributed by atoms with Gasteiger partial charge in [-0.15, -0.1) is 17.5 Å². The SMILES string of the molecule is COC(=O)c1nnn(C2CCNCC2)c1C(=O)OC.Cl. The van der Waals surface area contributed by atoms with Crippen molar-refractivity contribution in [2.24, 2.45) is 0 Å². The standard InChI is InChI=1S/C11H16N4O4.ClH/c1-18-10(16)8-9(11(17)19-2)15(14-13-8)7-3-5-12-6-4-7;/h7,12H,3-6H2,1-2H3;1H. The minimum atomic E-state index is -0.694. The lowest BCUT2D eigenvalue weighted by Gasteiger charge is -2.23. The predicted octanol–water partition coefficient (Wildman–Crippen LogP) is 0.198. The number of rotatable bonds is 3. The van der Waals surface area contributed by atoms with Crippen LogP contribution in [0.1, 0.15) is 39.9 Å². The van der Waals surface area contributed by atoms with E-state index in [0.717, 1.165) is 25.9 Å². The maximum atomic E-state index is 11.8. The molecule has 1 N–H and O–H groups in total. The first-order chi connectivity index (χ1) is 9.19. The van der Waals surface area contributed by atoms with E-state index >= 15 is 0 Å². The van der Waals surface area contributed by atoms with Crippen LogP contribution in [0.2, 0.25) is 0 Å². The van der Waals surface area contributed by atoms with Crippen molar-refractivity contribution in [3.8, 4) is 0 Å². The Morgan fingerprint density at radius 2 is 1.80 bits per heavy atom. The monoisotopic (exact) mass is 304 g/mol. The average Bonchev–Trinajstić information content (AvgIpc) is 2.91. The molecule has 0 radical (unpaired) electrons. The predicted molar refractivity (Wildman–Crippen MR) is 71.1 cm³/mol. The molecule has 1 aromatic rings. The van der Waals surface area contributed by atoms with E-state index in [0.29, 0.717) is 0 Å².